The number of imide groups is 1. The number of hydrogen-bond acceptors (Lipinski definition) is 3. The third kappa shape index (κ3) is 2.88. The molecule has 5 nitrogen and oxygen atoms in total. The molecule has 7 heteroatoms. The Hall–Kier alpha value is -2.73. The number of fused-ring (bicyclic) bond motifs is 1. The monoisotopic (exact) mass is 346 g/mol. The van der Waals surface area contributed by atoms with Gasteiger partial charge in [0.1, 0.15) is 5.82 Å². The number of halogens is 2. The first-order valence-electron chi connectivity index (χ1n) is 7.18. The molecule has 0 fully saturated rings. The van der Waals surface area contributed by atoms with Crippen LogP contribution in [0, 0.1) is 5.82 Å². The third-order valence-electron chi connectivity index (χ3n) is 3.66. The normalized spacial score (nSPS) is 13.2. The molecule has 2 aromatic rings. The molecule has 3 rings (SSSR count). The lowest BCUT2D eigenvalue weighted by molar-refractivity contribution is -0.116. The average molecular weight is 347 g/mol. The predicted octanol–water partition coefficient (Wildman–Crippen LogP) is 3.10. The highest BCUT2D eigenvalue weighted by Gasteiger charge is 2.37. The summed E-state index contributed by atoms with van der Waals surface area (Å²) in [5.74, 6) is -2.47. The number of nitrogens with zero attached hydrogens (tertiary/aromatic N) is 1. The molecule has 1 aliphatic rings. The van der Waals surface area contributed by atoms with E-state index in [1.54, 1.807) is 24.3 Å². The van der Waals surface area contributed by atoms with Crippen molar-refractivity contribution in [2.75, 3.05) is 11.9 Å². The second-order valence-electron chi connectivity index (χ2n) is 5.20. The van der Waals surface area contributed by atoms with Gasteiger partial charge >= 0.3 is 0 Å². The zero-order valence-corrected chi connectivity index (χ0v) is 13.1. The number of para-hydroxylation sites is 1. The maximum Gasteiger partial charge on any atom is 0.264 e. The maximum atomic E-state index is 13.7. The molecule has 0 aromatic heterocycles. The summed E-state index contributed by atoms with van der Waals surface area (Å²) in [6, 6.07) is 10.6. The van der Waals surface area contributed by atoms with Crippen LogP contribution < -0.4 is 5.32 Å². The zero-order valence-electron chi connectivity index (χ0n) is 12.4. The number of nitrogens with one attached hydrogen (secondary N) is 1. The summed E-state index contributed by atoms with van der Waals surface area (Å²) in [6.45, 7) is -0.137. The molecule has 0 bridgehead atoms. The molecular formula is C17H12ClFN2O3. The van der Waals surface area contributed by atoms with Crippen molar-refractivity contribution in [2.45, 2.75) is 6.42 Å². The van der Waals surface area contributed by atoms with Gasteiger partial charge in [-0.25, -0.2) is 4.39 Å². The van der Waals surface area contributed by atoms with Crippen molar-refractivity contribution in [2.24, 2.45) is 0 Å². The van der Waals surface area contributed by atoms with Crippen molar-refractivity contribution < 1.29 is 18.8 Å². The number of rotatable bonds is 4. The summed E-state index contributed by atoms with van der Waals surface area (Å²) in [7, 11) is 0. The fourth-order valence-corrected chi connectivity index (χ4v) is 2.67. The van der Waals surface area contributed by atoms with Crippen molar-refractivity contribution in [3.05, 3.63) is 64.4 Å². The van der Waals surface area contributed by atoms with Crippen molar-refractivity contribution in [1.29, 1.82) is 0 Å². The molecule has 1 N–H and O–H groups in total. The fraction of sp³-hybridized carbons (Fsp3) is 0.118. The second-order valence-corrected chi connectivity index (χ2v) is 5.61. The number of amides is 3. The summed E-state index contributed by atoms with van der Waals surface area (Å²) in [6.07, 6.45) is -0.113. The molecule has 0 saturated heterocycles. The van der Waals surface area contributed by atoms with Crippen LogP contribution in [-0.2, 0) is 4.79 Å². The summed E-state index contributed by atoms with van der Waals surface area (Å²) < 4.78 is 13.7. The van der Waals surface area contributed by atoms with Gasteiger partial charge in [-0.1, -0.05) is 29.8 Å². The van der Waals surface area contributed by atoms with Gasteiger partial charge in [-0.3, -0.25) is 19.3 Å². The van der Waals surface area contributed by atoms with Crippen LogP contribution in [0.5, 0.6) is 0 Å². The van der Waals surface area contributed by atoms with E-state index in [9.17, 15) is 18.8 Å². The topological polar surface area (TPSA) is 66.5 Å². The number of benzene rings is 2. The Morgan fingerprint density at radius 3 is 2.54 bits per heavy atom. The highest BCUT2D eigenvalue weighted by atomic mass is 35.5. The number of anilines is 1. The van der Waals surface area contributed by atoms with E-state index in [0.29, 0.717) is 10.7 Å². The van der Waals surface area contributed by atoms with Crippen LogP contribution in [0.25, 0.3) is 0 Å². The van der Waals surface area contributed by atoms with E-state index >= 15 is 0 Å². The Morgan fingerprint density at radius 1 is 1.08 bits per heavy atom. The largest absolute Gasteiger partial charge is 0.325 e. The van der Waals surface area contributed by atoms with Crippen molar-refractivity contribution >= 4 is 35.0 Å². The van der Waals surface area contributed by atoms with Gasteiger partial charge in [-0.05, 0) is 24.3 Å². The summed E-state index contributed by atoms with van der Waals surface area (Å²) >= 11 is 5.95. The van der Waals surface area contributed by atoms with Gasteiger partial charge in [0.2, 0.25) is 5.91 Å². The third-order valence-corrected chi connectivity index (χ3v) is 3.99. The van der Waals surface area contributed by atoms with Gasteiger partial charge in [0, 0.05) is 13.0 Å². The summed E-state index contributed by atoms with van der Waals surface area (Å²) in [4.78, 5) is 37.2. The minimum Gasteiger partial charge on any atom is -0.325 e. The molecule has 0 aliphatic carbocycles. The van der Waals surface area contributed by atoms with E-state index in [0.717, 1.165) is 11.0 Å². The Bertz CT molecular complexity index is 853. The average Bonchev–Trinajstić information content (AvgIpc) is 2.80. The Labute approximate surface area is 142 Å². The van der Waals surface area contributed by atoms with Crippen LogP contribution in [0.3, 0.4) is 0 Å². The van der Waals surface area contributed by atoms with Gasteiger partial charge in [0.15, 0.2) is 0 Å². The predicted molar refractivity (Wildman–Crippen MR) is 86.5 cm³/mol. The van der Waals surface area contributed by atoms with Crippen LogP contribution in [-0.4, -0.2) is 29.2 Å². The molecule has 0 atom stereocenters. The molecular weight excluding hydrogens is 335 g/mol. The Kier molecular flexibility index (Phi) is 4.31. The lowest BCUT2D eigenvalue weighted by Crippen LogP contribution is -2.33. The molecule has 1 heterocycles. The molecule has 1 aliphatic heterocycles. The lowest BCUT2D eigenvalue weighted by atomic mass is 10.1. The first-order valence-corrected chi connectivity index (χ1v) is 7.56. The fourth-order valence-electron chi connectivity index (χ4n) is 2.48. The Balaban J connectivity index is 1.67. The molecule has 0 unspecified atom stereocenters. The summed E-state index contributed by atoms with van der Waals surface area (Å²) in [5.41, 5.74) is 0.220. The number of carbonyl (C=O) groups is 3. The lowest BCUT2D eigenvalue weighted by Gasteiger charge is -2.13. The summed E-state index contributed by atoms with van der Waals surface area (Å²) in [5, 5.41) is 2.99. The van der Waals surface area contributed by atoms with Crippen molar-refractivity contribution in [1.82, 2.24) is 4.90 Å². The first kappa shape index (κ1) is 16.1. The van der Waals surface area contributed by atoms with Gasteiger partial charge in [0.25, 0.3) is 11.8 Å². The maximum absolute atomic E-state index is 13.7. The van der Waals surface area contributed by atoms with Crippen LogP contribution in [0.15, 0.2) is 42.5 Å². The standard InChI is InChI=1S/C17H12ClFN2O3/c18-11-5-1-2-7-13(11)20-14(22)8-9-21-16(23)10-4-3-6-12(19)15(10)17(21)24/h1-7H,8-9H2,(H,20,22). The quantitative estimate of drug-likeness (QED) is 0.865. The highest BCUT2D eigenvalue weighted by molar-refractivity contribution is 6.33. The van der Waals surface area contributed by atoms with Crippen molar-refractivity contribution in [3.8, 4) is 0 Å². The minimum atomic E-state index is -0.742. The van der Waals surface area contributed by atoms with E-state index in [4.69, 9.17) is 11.6 Å². The van der Waals surface area contributed by atoms with Crippen LogP contribution in [0.1, 0.15) is 27.1 Å². The minimum absolute atomic E-state index is 0.0199. The van der Waals surface area contributed by atoms with Gasteiger partial charge in [-0.2, -0.15) is 0 Å². The first-order chi connectivity index (χ1) is 11.5. The molecule has 24 heavy (non-hydrogen) atoms. The van der Waals surface area contributed by atoms with Crippen LogP contribution in [0.4, 0.5) is 10.1 Å². The highest BCUT2D eigenvalue weighted by Crippen LogP contribution is 2.25. The smallest absolute Gasteiger partial charge is 0.264 e. The molecule has 3 amide bonds. The van der Waals surface area contributed by atoms with E-state index < -0.39 is 23.5 Å². The molecule has 2 aromatic carbocycles. The zero-order chi connectivity index (χ0) is 17.3. The molecule has 0 radical (unpaired) electrons. The van der Waals surface area contributed by atoms with Crippen LogP contribution >= 0.6 is 11.6 Å². The van der Waals surface area contributed by atoms with E-state index in [-0.39, 0.29) is 24.1 Å². The van der Waals surface area contributed by atoms with Crippen LogP contribution in [0.2, 0.25) is 5.02 Å². The molecule has 0 saturated carbocycles. The van der Waals surface area contributed by atoms with Gasteiger partial charge in [-0.15, -0.1) is 0 Å². The molecule has 122 valence electrons. The van der Waals surface area contributed by atoms with Gasteiger partial charge < -0.3 is 5.32 Å². The van der Waals surface area contributed by atoms with E-state index in [1.165, 1.54) is 12.1 Å². The number of carbonyl (C=O) groups excluding carboxylic acids is 3. The Morgan fingerprint density at radius 2 is 1.83 bits per heavy atom. The van der Waals surface area contributed by atoms with E-state index in [2.05, 4.69) is 5.32 Å². The number of hydrogen-bond donors (Lipinski definition) is 1. The SMILES string of the molecule is O=C(CCN1C(=O)c2cccc(F)c2C1=O)Nc1ccccc1Cl. The van der Waals surface area contributed by atoms with Crippen molar-refractivity contribution in [3.63, 3.8) is 0 Å². The van der Waals surface area contributed by atoms with E-state index in [1.807, 2.05) is 0 Å². The second kappa shape index (κ2) is 6.41. The van der Waals surface area contributed by atoms with Gasteiger partial charge in [0.05, 0.1) is 21.8 Å². The molecule has 0 spiro atoms.